The van der Waals surface area contributed by atoms with E-state index in [1.165, 1.54) is 30.6 Å². The summed E-state index contributed by atoms with van der Waals surface area (Å²) in [5, 5.41) is 8.62. The predicted molar refractivity (Wildman–Crippen MR) is 163 cm³/mol. The molecule has 4 aromatic rings. The number of hydrogen-bond acceptors (Lipinski definition) is 9. The summed E-state index contributed by atoms with van der Waals surface area (Å²) in [6, 6.07) is 8.97. The van der Waals surface area contributed by atoms with Gasteiger partial charge >= 0.3 is 0 Å². The van der Waals surface area contributed by atoms with E-state index in [-0.39, 0.29) is 11.4 Å². The smallest absolute Gasteiger partial charge is 0.248 e. The van der Waals surface area contributed by atoms with E-state index in [9.17, 15) is 0 Å². The van der Waals surface area contributed by atoms with Gasteiger partial charge in [0.05, 0.1) is 20.9 Å². The molecule has 1 aliphatic heterocycles. The summed E-state index contributed by atoms with van der Waals surface area (Å²) in [4.78, 5) is 19.8. The van der Waals surface area contributed by atoms with Crippen LogP contribution in [0.5, 0.6) is 0 Å². The summed E-state index contributed by atoms with van der Waals surface area (Å²) in [7, 11) is 0. The molecule has 3 aromatic heterocycles. The van der Waals surface area contributed by atoms with Gasteiger partial charge in [-0.3, -0.25) is 4.90 Å². The number of rotatable bonds is 5. The lowest BCUT2D eigenvalue weighted by molar-refractivity contribution is 0.135. The molecular formula is C29H36ClN9S. The summed E-state index contributed by atoms with van der Waals surface area (Å²) in [5.74, 6) is 3.19. The lowest BCUT2D eigenvalue weighted by atomic mass is 9.93. The number of nitrogens with zero attached hydrogens (tertiary/aromatic N) is 7. The third-order valence-corrected chi connectivity index (χ3v) is 10.7. The fraction of sp³-hybridized carbons (Fsp3) is 0.517. The molecule has 0 spiro atoms. The van der Waals surface area contributed by atoms with E-state index < -0.39 is 0 Å². The van der Waals surface area contributed by atoms with Crippen LogP contribution in [-0.2, 0) is 5.41 Å². The number of nitrogens with one attached hydrogen (secondary N) is 1. The lowest BCUT2D eigenvalue weighted by Crippen LogP contribution is -2.51. The molecule has 3 unspecified atom stereocenters. The predicted octanol–water partition coefficient (Wildman–Crippen LogP) is 5.86. The highest BCUT2D eigenvalue weighted by Crippen LogP contribution is 2.47. The highest BCUT2D eigenvalue weighted by Gasteiger charge is 2.42. The van der Waals surface area contributed by atoms with Crippen molar-refractivity contribution in [1.82, 2.24) is 29.6 Å². The highest BCUT2D eigenvalue weighted by molar-refractivity contribution is 7.19. The molecule has 4 heterocycles. The SMILES string of the molecule is CC(C)(C)c1cc2ncnc(-n3nc(Nc4ccc(N5CCN(C6CC7CCC6C7)CC5)c(Cl)c4)nc3N)c2s1. The number of anilines is 4. The second-order valence-corrected chi connectivity index (χ2v) is 14.0. The molecule has 40 heavy (non-hydrogen) atoms. The Kier molecular flexibility index (Phi) is 6.40. The van der Waals surface area contributed by atoms with E-state index >= 15 is 0 Å². The minimum atomic E-state index is 0.0118. The average molecular weight is 578 g/mol. The minimum absolute atomic E-state index is 0.0118. The Morgan fingerprint density at radius 2 is 1.88 bits per heavy atom. The first-order valence-corrected chi connectivity index (χ1v) is 15.5. The number of hydrogen-bond donors (Lipinski definition) is 2. The van der Waals surface area contributed by atoms with Crippen LogP contribution >= 0.6 is 22.9 Å². The molecule has 7 rings (SSSR count). The highest BCUT2D eigenvalue weighted by atomic mass is 35.5. The molecule has 1 aromatic carbocycles. The van der Waals surface area contributed by atoms with E-state index in [2.05, 4.69) is 68.1 Å². The fourth-order valence-corrected chi connectivity index (χ4v) is 8.26. The standard InChI is InChI=1S/C29H36ClN9S/c1-29(2,3)24-15-21-25(40-24)26(33-16-32-21)39-27(31)35-28(36-39)34-19-6-7-22(20(30)14-19)37-8-10-38(11-9-37)23-13-17-4-5-18(23)12-17/h6-7,14-18,23H,4-5,8-13H2,1-3H3,(H3,31,34,35,36). The van der Waals surface area contributed by atoms with E-state index in [1.54, 1.807) is 22.3 Å². The largest absolute Gasteiger partial charge is 0.368 e. The fourth-order valence-electron chi connectivity index (χ4n) is 6.82. The van der Waals surface area contributed by atoms with Crippen LogP contribution in [0.1, 0.15) is 51.3 Å². The number of benzene rings is 1. The molecule has 2 saturated carbocycles. The molecule has 3 N–H and O–H groups in total. The number of piperazine rings is 1. The number of halogens is 1. The Morgan fingerprint density at radius 1 is 1.05 bits per heavy atom. The Morgan fingerprint density at radius 3 is 2.58 bits per heavy atom. The van der Waals surface area contributed by atoms with Gasteiger partial charge in [0.25, 0.3) is 0 Å². The van der Waals surface area contributed by atoms with E-state index in [1.807, 2.05) is 12.1 Å². The maximum atomic E-state index is 6.80. The van der Waals surface area contributed by atoms with Crippen LogP contribution in [0.2, 0.25) is 5.02 Å². The van der Waals surface area contributed by atoms with E-state index in [0.717, 1.165) is 70.7 Å². The van der Waals surface area contributed by atoms with Crippen molar-refractivity contribution < 1.29 is 0 Å². The molecule has 11 heteroatoms. The molecule has 9 nitrogen and oxygen atoms in total. The summed E-state index contributed by atoms with van der Waals surface area (Å²) in [6.07, 6.45) is 7.30. The zero-order valence-electron chi connectivity index (χ0n) is 23.3. The maximum Gasteiger partial charge on any atom is 0.248 e. The quantitative estimate of drug-likeness (QED) is 0.304. The molecule has 3 atom stereocenters. The van der Waals surface area contributed by atoms with Gasteiger partial charge in [0, 0.05) is 42.8 Å². The molecular weight excluding hydrogens is 542 g/mol. The van der Waals surface area contributed by atoms with Crippen LogP contribution in [0.3, 0.4) is 0 Å². The van der Waals surface area contributed by atoms with Gasteiger partial charge in [-0.25, -0.2) is 9.97 Å². The van der Waals surface area contributed by atoms with Crippen LogP contribution in [-0.4, -0.2) is 61.9 Å². The molecule has 3 fully saturated rings. The van der Waals surface area contributed by atoms with Crippen molar-refractivity contribution in [2.24, 2.45) is 11.8 Å². The third kappa shape index (κ3) is 4.69. The van der Waals surface area contributed by atoms with Crippen molar-refractivity contribution >= 4 is 56.4 Å². The van der Waals surface area contributed by atoms with Crippen LogP contribution < -0.4 is 16.0 Å². The van der Waals surface area contributed by atoms with Crippen molar-refractivity contribution in [3.05, 3.63) is 40.5 Å². The van der Waals surface area contributed by atoms with Gasteiger partial charge in [-0.05, 0) is 60.8 Å². The molecule has 3 aliphatic rings. The zero-order valence-corrected chi connectivity index (χ0v) is 24.8. The average Bonchev–Trinajstić information content (AvgIpc) is 3.72. The van der Waals surface area contributed by atoms with Crippen molar-refractivity contribution in [1.29, 1.82) is 0 Å². The monoisotopic (exact) mass is 577 g/mol. The Bertz CT molecular complexity index is 1550. The number of fused-ring (bicyclic) bond motifs is 3. The van der Waals surface area contributed by atoms with Gasteiger partial charge in [-0.15, -0.1) is 16.4 Å². The minimum Gasteiger partial charge on any atom is -0.368 e. The number of nitrogen functional groups attached to an aromatic ring is 1. The Balaban J connectivity index is 1.05. The van der Waals surface area contributed by atoms with Gasteiger partial charge in [-0.1, -0.05) is 38.8 Å². The summed E-state index contributed by atoms with van der Waals surface area (Å²) in [5.41, 5.74) is 9.07. The molecule has 0 amide bonds. The van der Waals surface area contributed by atoms with E-state index in [0.29, 0.717) is 11.8 Å². The molecule has 210 valence electrons. The van der Waals surface area contributed by atoms with Crippen LogP contribution in [0.25, 0.3) is 16.0 Å². The first-order chi connectivity index (χ1) is 19.2. The van der Waals surface area contributed by atoms with Crippen molar-refractivity contribution in [3.63, 3.8) is 0 Å². The third-order valence-electron chi connectivity index (χ3n) is 8.89. The zero-order chi connectivity index (χ0) is 27.6. The van der Waals surface area contributed by atoms with Gasteiger partial charge < -0.3 is 16.0 Å². The topological polar surface area (TPSA) is 101 Å². The lowest BCUT2D eigenvalue weighted by Gasteiger charge is -2.42. The van der Waals surface area contributed by atoms with Crippen molar-refractivity contribution in [3.8, 4) is 5.82 Å². The number of thiophene rings is 1. The van der Waals surface area contributed by atoms with Crippen LogP contribution in [0.4, 0.5) is 23.3 Å². The number of aromatic nitrogens is 5. The van der Waals surface area contributed by atoms with Crippen molar-refractivity contribution in [2.75, 3.05) is 42.1 Å². The molecule has 0 radical (unpaired) electrons. The van der Waals surface area contributed by atoms with Crippen LogP contribution in [0, 0.1) is 11.8 Å². The van der Waals surface area contributed by atoms with Gasteiger partial charge in [-0.2, -0.15) is 9.67 Å². The summed E-state index contributed by atoms with van der Waals surface area (Å²) in [6.45, 7) is 10.8. The first kappa shape index (κ1) is 26.0. The first-order valence-electron chi connectivity index (χ1n) is 14.3. The summed E-state index contributed by atoms with van der Waals surface area (Å²) >= 11 is 8.46. The summed E-state index contributed by atoms with van der Waals surface area (Å²) < 4.78 is 2.50. The molecule has 1 saturated heterocycles. The second kappa shape index (κ2) is 9.85. The van der Waals surface area contributed by atoms with Gasteiger partial charge in [0.2, 0.25) is 11.9 Å². The normalized spacial score (nSPS) is 23.4. The Labute approximate surface area is 243 Å². The van der Waals surface area contributed by atoms with Crippen molar-refractivity contribution in [2.45, 2.75) is 57.9 Å². The van der Waals surface area contributed by atoms with Gasteiger partial charge in [0.1, 0.15) is 6.33 Å². The second-order valence-electron chi connectivity index (χ2n) is 12.5. The van der Waals surface area contributed by atoms with Crippen LogP contribution in [0.15, 0.2) is 30.6 Å². The van der Waals surface area contributed by atoms with E-state index in [4.69, 9.17) is 17.3 Å². The Hall–Kier alpha value is -2.95. The molecule has 2 bridgehead atoms. The molecule has 2 aliphatic carbocycles. The maximum absolute atomic E-state index is 6.80. The number of nitrogens with two attached hydrogens (primary N) is 1. The van der Waals surface area contributed by atoms with Gasteiger partial charge in [0.15, 0.2) is 5.82 Å².